The number of aryl methyl sites for hydroxylation is 1. The Morgan fingerprint density at radius 1 is 1.13 bits per heavy atom. The highest BCUT2D eigenvalue weighted by atomic mass is 16.6. The number of ether oxygens (including phenoxy) is 2. The molecule has 1 fully saturated rings. The molecule has 0 spiro atoms. The molecule has 0 saturated carbocycles. The maximum absolute atomic E-state index is 12.1. The van der Waals surface area contributed by atoms with Crippen molar-refractivity contribution in [1.82, 2.24) is 9.80 Å². The van der Waals surface area contributed by atoms with Gasteiger partial charge in [-0.25, -0.2) is 0 Å². The van der Waals surface area contributed by atoms with E-state index in [4.69, 9.17) is 15.2 Å². The number of nitrogens with zero attached hydrogens (tertiary/aromatic N) is 2. The van der Waals surface area contributed by atoms with E-state index in [-0.39, 0.29) is 5.91 Å². The first kappa shape index (κ1) is 20.7. The van der Waals surface area contributed by atoms with Gasteiger partial charge in [0.25, 0.3) is 0 Å². The van der Waals surface area contributed by atoms with E-state index in [0.29, 0.717) is 32.0 Å². The zero-order valence-corrected chi connectivity index (χ0v) is 17.2. The second kappa shape index (κ2) is 9.04. The SMILES string of the molecule is Cc1ccc2c(c1)OCC(C(O)CN1CCN(C(C(N)=O)c3ccccc3)CC1)O2. The van der Waals surface area contributed by atoms with Crippen LogP contribution in [-0.2, 0) is 4.79 Å². The number of β-amino-alcohol motifs (C(OH)–C–C–N with tert-alkyl or cyclic N) is 1. The van der Waals surface area contributed by atoms with E-state index >= 15 is 0 Å². The van der Waals surface area contributed by atoms with Crippen LogP contribution in [0.3, 0.4) is 0 Å². The number of hydrogen-bond donors (Lipinski definition) is 2. The zero-order valence-electron chi connectivity index (χ0n) is 17.2. The molecule has 2 aliphatic rings. The smallest absolute Gasteiger partial charge is 0.239 e. The van der Waals surface area contributed by atoms with Gasteiger partial charge < -0.3 is 20.3 Å². The van der Waals surface area contributed by atoms with E-state index in [1.807, 2.05) is 55.5 Å². The average molecular weight is 412 g/mol. The Balaban J connectivity index is 1.31. The summed E-state index contributed by atoms with van der Waals surface area (Å²) in [6, 6.07) is 15.0. The molecule has 3 unspecified atom stereocenters. The Bertz CT molecular complexity index is 868. The molecule has 2 heterocycles. The molecule has 2 aromatic rings. The predicted octanol–water partition coefficient (Wildman–Crippen LogP) is 1.34. The summed E-state index contributed by atoms with van der Waals surface area (Å²) < 4.78 is 11.8. The summed E-state index contributed by atoms with van der Waals surface area (Å²) in [6.07, 6.45) is -1.06. The third-order valence-electron chi connectivity index (χ3n) is 5.81. The molecular weight excluding hydrogens is 382 g/mol. The molecule has 7 nitrogen and oxygen atoms in total. The summed E-state index contributed by atoms with van der Waals surface area (Å²) in [5.41, 5.74) is 7.72. The number of carbonyl (C=O) groups is 1. The number of nitrogens with two attached hydrogens (primary N) is 1. The lowest BCUT2D eigenvalue weighted by Crippen LogP contribution is -2.54. The van der Waals surface area contributed by atoms with Gasteiger partial charge in [-0.3, -0.25) is 14.6 Å². The van der Waals surface area contributed by atoms with Crippen LogP contribution in [0.5, 0.6) is 11.5 Å². The van der Waals surface area contributed by atoms with Crippen LogP contribution in [0.15, 0.2) is 48.5 Å². The maximum Gasteiger partial charge on any atom is 0.239 e. The number of benzene rings is 2. The molecule has 3 atom stereocenters. The van der Waals surface area contributed by atoms with Gasteiger partial charge in [0.2, 0.25) is 5.91 Å². The lowest BCUT2D eigenvalue weighted by Gasteiger charge is -2.39. The summed E-state index contributed by atoms with van der Waals surface area (Å²) in [6.45, 7) is 5.74. The van der Waals surface area contributed by atoms with Crippen LogP contribution in [0, 0.1) is 6.92 Å². The molecule has 1 amide bonds. The van der Waals surface area contributed by atoms with Gasteiger partial charge in [0, 0.05) is 32.7 Å². The molecule has 0 aromatic heterocycles. The first-order valence-electron chi connectivity index (χ1n) is 10.4. The van der Waals surface area contributed by atoms with Crippen molar-refractivity contribution in [3.8, 4) is 11.5 Å². The number of piperazine rings is 1. The summed E-state index contributed by atoms with van der Waals surface area (Å²) in [5.74, 6) is 1.06. The van der Waals surface area contributed by atoms with Gasteiger partial charge in [-0.05, 0) is 30.2 Å². The van der Waals surface area contributed by atoms with Gasteiger partial charge >= 0.3 is 0 Å². The maximum atomic E-state index is 12.1. The van der Waals surface area contributed by atoms with E-state index in [0.717, 1.165) is 30.0 Å². The summed E-state index contributed by atoms with van der Waals surface area (Å²) in [7, 11) is 0. The molecule has 1 saturated heterocycles. The lowest BCUT2D eigenvalue weighted by atomic mass is 10.0. The van der Waals surface area contributed by atoms with Crippen molar-refractivity contribution in [2.75, 3.05) is 39.3 Å². The van der Waals surface area contributed by atoms with Gasteiger partial charge in [0.15, 0.2) is 17.6 Å². The Morgan fingerprint density at radius 3 is 2.57 bits per heavy atom. The summed E-state index contributed by atoms with van der Waals surface area (Å²) in [4.78, 5) is 16.4. The number of rotatable bonds is 6. The van der Waals surface area contributed by atoms with Gasteiger partial charge in [0.1, 0.15) is 18.8 Å². The monoisotopic (exact) mass is 411 g/mol. The number of hydrogen-bond acceptors (Lipinski definition) is 6. The second-order valence-corrected chi connectivity index (χ2v) is 8.04. The molecular formula is C23H29N3O4. The van der Waals surface area contributed by atoms with Crippen LogP contribution >= 0.6 is 0 Å². The molecule has 0 bridgehead atoms. The Kier molecular flexibility index (Phi) is 6.22. The highest BCUT2D eigenvalue weighted by Crippen LogP contribution is 2.33. The average Bonchev–Trinajstić information content (AvgIpc) is 2.75. The van der Waals surface area contributed by atoms with Crippen LogP contribution in [0.1, 0.15) is 17.2 Å². The van der Waals surface area contributed by atoms with E-state index < -0.39 is 18.2 Å². The summed E-state index contributed by atoms with van der Waals surface area (Å²) in [5, 5.41) is 10.7. The van der Waals surface area contributed by atoms with E-state index in [1.165, 1.54) is 0 Å². The number of carbonyl (C=O) groups excluding carboxylic acids is 1. The molecule has 0 aliphatic carbocycles. The fourth-order valence-corrected chi connectivity index (χ4v) is 4.16. The van der Waals surface area contributed by atoms with Crippen molar-refractivity contribution in [1.29, 1.82) is 0 Å². The van der Waals surface area contributed by atoms with Crippen molar-refractivity contribution in [3.63, 3.8) is 0 Å². The normalized spacial score (nSPS) is 21.7. The van der Waals surface area contributed by atoms with E-state index in [1.54, 1.807) is 0 Å². The number of aliphatic hydroxyl groups is 1. The second-order valence-electron chi connectivity index (χ2n) is 8.04. The van der Waals surface area contributed by atoms with Crippen LogP contribution in [-0.4, -0.2) is 72.4 Å². The van der Waals surface area contributed by atoms with Gasteiger partial charge in [0.05, 0.1) is 0 Å². The molecule has 3 N–H and O–H groups in total. The van der Waals surface area contributed by atoms with Crippen molar-refractivity contribution < 1.29 is 19.4 Å². The Hall–Kier alpha value is -2.61. The standard InChI is InChI=1S/C23H29N3O4/c1-16-7-8-19-20(13-16)29-15-21(30-19)18(27)14-25-9-11-26(12-10-25)22(23(24)28)17-5-3-2-4-6-17/h2-8,13,18,21-22,27H,9-12,14-15H2,1H3,(H2,24,28). The van der Waals surface area contributed by atoms with Crippen LogP contribution in [0.4, 0.5) is 0 Å². The molecule has 30 heavy (non-hydrogen) atoms. The highest BCUT2D eigenvalue weighted by Gasteiger charge is 2.32. The number of amides is 1. The Labute approximate surface area is 177 Å². The molecule has 160 valence electrons. The summed E-state index contributed by atoms with van der Waals surface area (Å²) >= 11 is 0. The van der Waals surface area contributed by atoms with E-state index in [2.05, 4.69) is 9.80 Å². The van der Waals surface area contributed by atoms with Crippen molar-refractivity contribution in [2.45, 2.75) is 25.2 Å². The molecule has 2 aromatic carbocycles. The van der Waals surface area contributed by atoms with Gasteiger partial charge in [-0.15, -0.1) is 0 Å². The number of primary amides is 1. The topological polar surface area (TPSA) is 88.3 Å². The highest BCUT2D eigenvalue weighted by molar-refractivity contribution is 5.81. The van der Waals surface area contributed by atoms with Crippen LogP contribution < -0.4 is 15.2 Å². The fourth-order valence-electron chi connectivity index (χ4n) is 4.16. The Morgan fingerprint density at radius 2 is 1.87 bits per heavy atom. The predicted molar refractivity (Wildman–Crippen MR) is 113 cm³/mol. The van der Waals surface area contributed by atoms with Crippen LogP contribution in [0.25, 0.3) is 0 Å². The minimum Gasteiger partial charge on any atom is -0.486 e. The third kappa shape index (κ3) is 4.59. The first-order valence-corrected chi connectivity index (χ1v) is 10.4. The van der Waals surface area contributed by atoms with Crippen LogP contribution in [0.2, 0.25) is 0 Å². The van der Waals surface area contributed by atoms with Crippen molar-refractivity contribution in [2.24, 2.45) is 5.73 Å². The van der Waals surface area contributed by atoms with Gasteiger partial charge in [-0.1, -0.05) is 36.4 Å². The quantitative estimate of drug-likeness (QED) is 0.746. The largest absolute Gasteiger partial charge is 0.486 e. The molecule has 4 rings (SSSR count). The molecule has 0 radical (unpaired) electrons. The molecule has 2 aliphatic heterocycles. The van der Waals surface area contributed by atoms with E-state index in [9.17, 15) is 9.90 Å². The third-order valence-corrected chi connectivity index (χ3v) is 5.81. The van der Waals surface area contributed by atoms with Crippen molar-refractivity contribution in [3.05, 3.63) is 59.7 Å². The number of aliphatic hydroxyl groups excluding tert-OH is 1. The minimum absolute atomic E-state index is 0.329. The van der Waals surface area contributed by atoms with Gasteiger partial charge in [-0.2, -0.15) is 0 Å². The minimum atomic E-state index is -0.660. The lowest BCUT2D eigenvalue weighted by molar-refractivity contribution is -0.124. The van der Waals surface area contributed by atoms with Crippen molar-refractivity contribution >= 4 is 5.91 Å². The fraction of sp³-hybridized carbons (Fsp3) is 0.435. The zero-order chi connectivity index (χ0) is 21.1. The number of fused-ring (bicyclic) bond motifs is 1. The first-order chi connectivity index (χ1) is 14.5. The molecule has 7 heteroatoms.